The van der Waals surface area contributed by atoms with Crippen molar-refractivity contribution in [2.24, 2.45) is 0 Å². The van der Waals surface area contributed by atoms with Crippen LogP contribution in [0.5, 0.6) is 0 Å². The molecule has 2 nitrogen and oxygen atoms in total. The van der Waals surface area contributed by atoms with Gasteiger partial charge in [-0.05, 0) is 148 Å². The van der Waals surface area contributed by atoms with Gasteiger partial charge in [-0.15, -0.1) is 0 Å². The van der Waals surface area contributed by atoms with Crippen LogP contribution in [0.15, 0.2) is 206 Å². The molecule has 0 radical (unpaired) electrons. The lowest BCUT2D eigenvalue weighted by atomic mass is 9.81. The molecule has 0 unspecified atom stereocenters. The van der Waals surface area contributed by atoms with E-state index in [1.165, 1.54) is 88.6 Å². The first kappa shape index (κ1) is 36.6. The fraction of sp³-hybridized carbons (Fsp3) is 0.0847. The monoisotopic (exact) mass is 782 g/mol. The van der Waals surface area contributed by atoms with Gasteiger partial charge < -0.3 is 9.47 Å². The van der Waals surface area contributed by atoms with E-state index in [0.29, 0.717) is 0 Å². The lowest BCUT2D eigenvalue weighted by Gasteiger charge is -2.27. The first-order valence-corrected chi connectivity index (χ1v) is 21.3. The van der Waals surface area contributed by atoms with Crippen LogP contribution >= 0.6 is 0 Å². The first-order chi connectivity index (χ1) is 29.8. The zero-order valence-electron chi connectivity index (χ0n) is 35.0. The number of anilines is 3. The predicted molar refractivity (Wildman–Crippen MR) is 259 cm³/mol. The Kier molecular flexibility index (Phi) is 8.65. The molecule has 1 heterocycles. The molecule has 1 aliphatic rings. The molecule has 0 spiro atoms. The van der Waals surface area contributed by atoms with Crippen LogP contribution in [-0.2, 0) is 5.41 Å². The minimum Gasteiger partial charge on any atom is -0.310 e. The van der Waals surface area contributed by atoms with E-state index < -0.39 is 0 Å². The second kappa shape index (κ2) is 14.4. The molecule has 0 fully saturated rings. The molecule has 11 rings (SSSR count). The average Bonchev–Trinajstić information content (AvgIpc) is 3.74. The Morgan fingerprint density at radius 2 is 0.902 bits per heavy atom. The molecule has 0 bridgehead atoms. The molecule has 1 aliphatic carbocycles. The van der Waals surface area contributed by atoms with Crippen molar-refractivity contribution in [1.29, 1.82) is 0 Å². The molecule has 1 aromatic heterocycles. The fourth-order valence-electron chi connectivity index (χ4n) is 9.71. The molecule has 61 heavy (non-hydrogen) atoms. The average molecular weight is 783 g/mol. The number of fused-ring (bicyclic) bond motifs is 6. The summed E-state index contributed by atoms with van der Waals surface area (Å²) in [7, 11) is 0. The molecule has 0 atom stereocenters. The van der Waals surface area contributed by atoms with Crippen LogP contribution in [0.2, 0.25) is 0 Å². The van der Waals surface area contributed by atoms with Crippen LogP contribution in [0.1, 0.15) is 36.1 Å². The third kappa shape index (κ3) is 6.26. The van der Waals surface area contributed by atoms with Crippen molar-refractivity contribution in [2.75, 3.05) is 4.90 Å². The van der Waals surface area contributed by atoms with Crippen molar-refractivity contribution >= 4 is 38.9 Å². The van der Waals surface area contributed by atoms with Crippen molar-refractivity contribution in [2.45, 2.75) is 33.1 Å². The SMILES string of the molecule is Cc1ccc(-n2c3ccc(C)cc3c3cc(N(c4ccc(-c5ccc6c(c5)C(C)(C)c5ccccc5-6)cc4)c4cc(-c5ccccc5)cc(-c5ccccc5)c4)ccc32)cc1. The second-order valence-electron chi connectivity index (χ2n) is 17.2. The van der Waals surface area contributed by atoms with Gasteiger partial charge >= 0.3 is 0 Å². The first-order valence-electron chi connectivity index (χ1n) is 21.3. The maximum Gasteiger partial charge on any atom is 0.0542 e. The van der Waals surface area contributed by atoms with Gasteiger partial charge in [-0.25, -0.2) is 0 Å². The second-order valence-corrected chi connectivity index (χ2v) is 17.2. The Labute approximate surface area is 358 Å². The Morgan fingerprint density at radius 1 is 0.361 bits per heavy atom. The zero-order valence-corrected chi connectivity index (χ0v) is 35.0. The largest absolute Gasteiger partial charge is 0.310 e. The third-order valence-electron chi connectivity index (χ3n) is 12.9. The van der Waals surface area contributed by atoms with Gasteiger partial charge in [0.2, 0.25) is 0 Å². The molecule has 0 aliphatic heterocycles. The summed E-state index contributed by atoms with van der Waals surface area (Å²) in [6.45, 7) is 9.04. The van der Waals surface area contributed by atoms with E-state index >= 15 is 0 Å². The summed E-state index contributed by atoms with van der Waals surface area (Å²) in [6.07, 6.45) is 0. The van der Waals surface area contributed by atoms with Crippen molar-refractivity contribution in [3.05, 3.63) is 229 Å². The predicted octanol–water partition coefficient (Wildman–Crippen LogP) is 16.2. The summed E-state index contributed by atoms with van der Waals surface area (Å²) in [5.74, 6) is 0. The van der Waals surface area contributed by atoms with E-state index in [1.54, 1.807) is 0 Å². The summed E-state index contributed by atoms with van der Waals surface area (Å²) in [5.41, 5.74) is 21.9. The molecule has 9 aromatic carbocycles. The molecule has 2 heteroatoms. The van der Waals surface area contributed by atoms with Crippen molar-refractivity contribution in [3.63, 3.8) is 0 Å². The molecule has 10 aromatic rings. The summed E-state index contributed by atoms with van der Waals surface area (Å²) in [4.78, 5) is 2.44. The number of hydrogen-bond donors (Lipinski definition) is 0. The number of hydrogen-bond acceptors (Lipinski definition) is 1. The quantitative estimate of drug-likeness (QED) is 0.156. The minimum atomic E-state index is -0.0569. The van der Waals surface area contributed by atoms with Gasteiger partial charge in [-0.1, -0.05) is 152 Å². The normalized spacial score (nSPS) is 12.7. The van der Waals surface area contributed by atoms with Crippen molar-refractivity contribution in [1.82, 2.24) is 4.57 Å². The summed E-state index contributed by atoms with van der Waals surface area (Å²) in [5, 5.41) is 2.47. The maximum absolute atomic E-state index is 2.44. The number of nitrogens with zero attached hydrogens (tertiary/aromatic N) is 2. The third-order valence-corrected chi connectivity index (χ3v) is 12.9. The van der Waals surface area contributed by atoms with Gasteiger partial charge in [0.25, 0.3) is 0 Å². The highest BCUT2D eigenvalue weighted by Crippen LogP contribution is 2.50. The van der Waals surface area contributed by atoms with Crippen LogP contribution in [0.25, 0.3) is 72.0 Å². The van der Waals surface area contributed by atoms with Gasteiger partial charge in [0, 0.05) is 38.9 Å². The number of aromatic nitrogens is 1. The van der Waals surface area contributed by atoms with Crippen LogP contribution in [0.3, 0.4) is 0 Å². The highest BCUT2D eigenvalue weighted by molar-refractivity contribution is 6.11. The molecule has 0 saturated heterocycles. The standard InChI is InChI=1S/C59H46N2/c1-39-19-25-48(26-20-39)61-57-31-21-40(2)33-53(57)54-38-49(29-32-58(54)61)60(50-35-45(41-13-7-5-8-14-41)34-46(36-50)42-15-9-6-10-16-42)47-27-22-43(23-28-47)44-24-30-52-51-17-11-12-18-55(51)59(3,4)56(52)37-44/h5-38H,1-4H3. The molecular weight excluding hydrogens is 737 g/mol. The lowest BCUT2D eigenvalue weighted by Crippen LogP contribution is -2.14. The van der Waals surface area contributed by atoms with E-state index in [4.69, 9.17) is 0 Å². The molecule has 0 N–H and O–H groups in total. The fourth-order valence-corrected chi connectivity index (χ4v) is 9.71. The summed E-state index contributed by atoms with van der Waals surface area (Å²) >= 11 is 0. The van der Waals surface area contributed by atoms with Crippen molar-refractivity contribution < 1.29 is 0 Å². The Hall–Kier alpha value is -7.42. The number of aryl methyl sites for hydroxylation is 2. The Balaban J connectivity index is 1.10. The molecular formula is C59H46N2. The molecule has 292 valence electrons. The molecule has 0 amide bonds. The van der Waals surface area contributed by atoms with E-state index in [-0.39, 0.29) is 5.41 Å². The van der Waals surface area contributed by atoms with Crippen LogP contribution in [0, 0.1) is 13.8 Å². The molecule has 0 saturated carbocycles. The smallest absolute Gasteiger partial charge is 0.0542 e. The van der Waals surface area contributed by atoms with Crippen LogP contribution < -0.4 is 4.90 Å². The van der Waals surface area contributed by atoms with E-state index in [0.717, 1.165) is 22.7 Å². The topological polar surface area (TPSA) is 8.17 Å². The van der Waals surface area contributed by atoms with Crippen LogP contribution in [0.4, 0.5) is 17.1 Å². The van der Waals surface area contributed by atoms with E-state index in [9.17, 15) is 0 Å². The maximum atomic E-state index is 2.44. The Morgan fingerprint density at radius 3 is 1.59 bits per heavy atom. The van der Waals surface area contributed by atoms with E-state index in [1.807, 2.05) is 0 Å². The zero-order chi connectivity index (χ0) is 41.2. The van der Waals surface area contributed by atoms with E-state index in [2.05, 4.69) is 243 Å². The summed E-state index contributed by atoms with van der Waals surface area (Å²) < 4.78 is 2.41. The number of benzene rings is 9. The van der Waals surface area contributed by atoms with Gasteiger partial charge in [0.1, 0.15) is 0 Å². The van der Waals surface area contributed by atoms with Gasteiger partial charge in [-0.3, -0.25) is 0 Å². The Bertz CT molecular complexity index is 3200. The van der Waals surface area contributed by atoms with Crippen molar-refractivity contribution in [3.8, 4) is 50.2 Å². The van der Waals surface area contributed by atoms with Crippen LogP contribution in [-0.4, -0.2) is 4.57 Å². The van der Waals surface area contributed by atoms with Gasteiger partial charge in [0.05, 0.1) is 11.0 Å². The van der Waals surface area contributed by atoms with Gasteiger partial charge in [0.15, 0.2) is 0 Å². The highest BCUT2D eigenvalue weighted by atomic mass is 15.1. The summed E-state index contributed by atoms with van der Waals surface area (Å²) in [6, 6.07) is 76.3. The minimum absolute atomic E-state index is 0.0569. The highest BCUT2D eigenvalue weighted by Gasteiger charge is 2.35. The van der Waals surface area contributed by atoms with Gasteiger partial charge in [-0.2, -0.15) is 0 Å². The number of rotatable bonds is 7. The lowest BCUT2D eigenvalue weighted by molar-refractivity contribution is 0.660.